The van der Waals surface area contributed by atoms with Crippen LogP contribution in [0.15, 0.2) is 71.6 Å². The highest BCUT2D eigenvalue weighted by Crippen LogP contribution is 2.39. The summed E-state index contributed by atoms with van der Waals surface area (Å²) in [6, 6.07) is 17.5. The molecule has 1 N–H and O–H groups in total. The molecule has 0 bridgehead atoms. The van der Waals surface area contributed by atoms with Gasteiger partial charge >= 0.3 is 6.03 Å². The average Bonchev–Trinajstić information content (AvgIpc) is 3.26. The molecule has 1 aliphatic rings. The van der Waals surface area contributed by atoms with Gasteiger partial charge in [0.1, 0.15) is 5.69 Å². The van der Waals surface area contributed by atoms with Crippen LogP contribution in [0.5, 0.6) is 0 Å². The average molecular weight is 606 g/mol. The van der Waals surface area contributed by atoms with E-state index in [9.17, 15) is 18.0 Å². The van der Waals surface area contributed by atoms with Crippen molar-refractivity contribution in [2.24, 2.45) is 0 Å². The number of hydrogen-bond acceptors (Lipinski definition) is 4. The van der Waals surface area contributed by atoms with Gasteiger partial charge in [0.25, 0.3) is 15.9 Å². The van der Waals surface area contributed by atoms with Crippen molar-refractivity contribution < 1.29 is 18.0 Å². The van der Waals surface area contributed by atoms with Crippen LogP contribution >= 0.6 is 35.0 Å². The molecule has 202 valence electrons. The molecule has 4 aromatic rings. The van der Waals surface area contributed by atoms with Gasteiger partial charge in [0.05, 0.1) is 15.4 Å². The summed E-state index contributed by atoms with van der Waals surface area (Å²) in [6.45, 7) is 0.753. The van der Waals surface area contributed by atoms with Gasteiger partial charge in [-0.25, -0.2) is 4.79 Å². The molecule has 0 fully saturated rings. The zero-order valence-corrected chi connectivity index (χ0v) is 23.8. The third-order valence-electron chi connectivity index (χ3n) is 6.63. The number of carbonyl (C=O) groups excluding carboxylic acids is 2. The zero-order chi connectivity index (χ0) is 27.9. The van der Waals surface area contributed by atoms with E-state index >= 15 is 0 Å². The molecular weight excluding hydrogens is 583 g/mol. The Bertz CT molecular complexity index is 1690. The quantitative estimate of drug-likeness (QED) is 0.287. The first kappa shape index (κ1) is 27.3. The second-order valence-corrected chi connectivity index (χ2v) is 12.3. The molecule has 3 aromatic carbocycles. The second-order valence-electron chi connectivity index (χ2n) is 9.10. The van der Waals surface area contributed by atoms with Crippen molar-refractivity contribution in [2.45, 2.75) is 17.7 Å². The van der Waals surface area contributed by atoms with Crippen molar-refractivity contribution in [1.82, 2.24) is 18.6 Å². The Morgan fingerprint density at radius 3 is 2.44 bits per heavy atom. The lowest BCUT2D eigenvalue weighted by molar-refractivity contribution is 0.0773. The van der Waals surface area contributed by atoms with Gasteiger partial charge in [-0.1, -0.05) is 53.5 Å². The molecular formula is C27H23Cl3N4O4S. The molecule has 39 heavy (non-hydrogen) atoms. The van der Waals surface area contributed by atoms with Gasteiger partial charge < -0.3 is 14.8 Å². The monoisotopic (exact) mass is 604 g/mol. The Labute approximate surface area is 240 Å². The summed E-state index contributed by atoms with van der Waals surface area (Å²) >= 11 is 18.7. The molecule has 1 aromatic heterocycles. The number of rotatable bonds is 6. The van der Waals surface area contributed by atoms with Gasteiger partial charge in [-0.2, -0.15) is 8.42 Å². The molecule has 1 aliphatic heterocycles. The minimum absolute atomic E-state index is 0.0855. The first-order valence-electron chi connectivity index (χ1n) is 12.0. The Balaban J connectivity index is 1.34. The smallest absolute Gasteiger partial charge is 0.340 e. The number of nitrogens with one attached hydrogen (secondary N) is 1. The van der Waals surface area contributed by atoms with Gasteiger partial charge in [0, 0.05) is 48.0 Å². The Morgan fingerprint density at radius 1 is 1.05 bits per heavy atom. The highest BCUT2D eigenvalue weighted by molar-refractivity contribution is 7.90. The van der Waals surface area contributed by atoms with Crippen LogP contribution in [-0.2, 0) is 22.9 Å². The van der Waals surface area contributed by atoms with Crippen LogP contribution in [0, 0.1) is 0 Å². The highest BCUT2D eigenvalue weighted by atomic mass is 35.5. The summed E-state index contributed by atoms with van der Waals surface area (Å²) < 4.78 is 27.1. The van der Waals surface area contributed by atoms with Crippen LogP contribution in [0.3, 0.4) is 0 Å². The fourth-order valence-electron chi connectivity index (χ4n) is 4.69. The predicted molar refractivity (Wildman–Crippen MR) is 152 cm³/mol. The lowest BCUT2D eigenvalue weighted by Crippen LogP contribution is -2.38. The molecule has 3 amide bonds. The van der Waals surface area contributed by atoms with Crippen molar-refractivity contribution in [3.8, 4) is 5.69 Å². The summed E-state index contributed by atoms with van der Waals surface area (Å²) in [5, 5.41) is 4.32. The van der Waals surface area contributed by atoms with Gasteiger partial charge in [0.2, 0.25) is 0 Å². The van der Waals surface area contributed by atoms with E-state index in [-0.39, 0.29) is 21.2 Å². The Hall–Kier alpha value is -3.24. The van der Waals surface area contributed by atoms with E-state index in [1.807, 2.05) is 28.8 Å². The molecule has 2 heterocycles. The summed E-state index contributed by atoms with van der Waals surface area (Å²) in [7, 11) is -2.40. The fraction of sp³-hybridized carbons (Fsp3) is 0.185. The maximum absolute atomic E-state index is 13.2. The predicted octanol–water partition coefficient (Wildman–Crippen LogP) is 5.66. The lowest BCUT2D eigenvalue weighted by atomic mass is 10.0. The number of fused-ring (bicyclic) bond motifs is 3. The molecule has 0 aliphatic carbocycles. The van der Waals surface area contributed by atoms with Crippen molar-refractivity contribution in [3.63, 3.8) is 0 Å². The van der Waals surface area contributed by atoms with Crippen molar-refractivity contribution in [3.05, 3.63) is 93.6 Å². The molecule has 0 saturated carbocycles. The standard InChI is InChI=1S/C27H23Cl3N4O4S/c1-32-14-12-21-24-22(29)15-18(28)16-23(24)33(25(21)26(32)35)19-9-7-17(8-10-19)11-13-31-27(36)34(30)39(37,38)20-5-3-2-4-6-20/h2-10,15-16H,11-14H2,1H3,(H,31,36). The van der Waals surface area contributed by atoms with E-state index < -0.39 is 16.1 Å². The van der Waals surface area contributed by atoms with E-state index in [1.54, 1.807) is 42.3 Å². The van der Waals surface area contributed by atoms with Crippen LogP contribution in [0.2, 0.25) is 10.0 Å². The molecule has 0 spiro atoms. The first-order chi connectivity index (χ1) is 18.6. The molecule has 12 heteroatoms. The zero-order valence-electron chi connectivity index (χ0n) is 20.7. The molecule has 8 nitrogen and oxygen atoms in total. The van der Waals surface area contributed by atoms with Crippen LogP contribution in [0.25, 0.3) is 16.6 Å². The molecule has 0 saturated heterocycles. The number of sulfonamides is 1. The SMILES string of the molecule is CN1CCc2c(n(-c3ccc(CCNC(=O)N(Cl)S(=O)(=O)c4ccccc4)cc3)c3cc(Cl)cc(Cl)c23)C1=O. The fourth-order valence-corrected chi connectivity index (χ4v) is 6.55. The first-order valence-corrected chi connectivity index (χ1v) is 14.5. The third-order valence-corrected chi connectivity index (χ3v) is 9.30. The topological polar surface area (TPSA) is 91.7 Å². The number of amides is 3. The van der Waals surface area contributed by atoms with Crippen LogP contribution in [-0.4, -0.2) is 53.8 Å². The van der Waals surface area contributed by atoms with Crippen LogP contribution < -0.4 is 5.32 Å². The number of carbonyl (C=O) groups is 2. The molecule has 5 rings (SSSR count). The Kier molecular flexibility index (Phi) is 7.52. The number of likely N-dealkylation sites (N-methyl/N-ethyl adjacent to an activating group) is 1. The highest BCUT2D eigenvalue weighted by Gasteiger charge is 2.31. The number of halogens is 3. The van der Waals surface area contributed by atoms with E-state index in [1.165, 1.54) is 12.1 Å². The van der Waals surface area contributed by atoms with Gasteiger partial charge in [0.15, 0.2) is 0 Å². The molecule has 0 unspecified atom stereocenters. The summed E-state index contributed by atoms with van der Waals surface area (Å²) in [6.07, 6.45) is 1.10. The van der Waals surface area contributed by atoms with E-state index in [4.69, 9.17) is 35.0 Å². The van der Waals surface area contributed by atoms with Crippen molar-refractivity contribution >= 4 is 67.8 Å². The largest absolute Gasteiger partial charge is 0.346 e. The normalized spacial score (nSPS) is 13.4. The van der Waals surface area contributed by atoms with Gasteiger partial charge in [-0.05, 0) is 60.4 Å². The molecule has 0 radical (unpaired) electrons. The maximum Gasteiger partial charge on any atom is 0.346 e. The number of benzene rings is 3. The summed E-state index contributed by atoms with van der Waals surface area (Å²) in [5.41, 5.74) is 3.86. The summed E-state index contributed by atoms with van der Waals surface area (Å²) in [5.74, 6) is -0.0949. The number of nitrogens with zero attached hydrogens (tertiary/aromatic N) is 3. The van der Waals surface area contributed by atoms with E-state index in [0.29, 0.717) is 35.1 Å². The number of urea groups is 1. The van der Waals surface area contributed by atoms with E-state index in [0.717, 1.165) is 27.7 Å². The third kappa shape index (κ3) is 5.07. The number of hydrogen-bond donors (Lipinski definition) is 1. The van der Waals surface area contributed by atoms with Gasteiger partial charge in [-0.15, -0.1) is 3.82 Å². The van der Waals surface area contributed by atoms with Gasteiger partial charge in [-0.3, -0.25) is 4.79 Å². The van der Waals surface area contributed by atoms with Crippen molar-refractivity contribution in [1.29, 1.82) is 0 Å². The number of aromatic nitrogens is 1. The summed E-state index contributed by atoms with van der Waals surface area (Å²) in [4.78, 5) is 27.2. The van der Waals surface area contributed by atoms with Crippen LogP contribution in [0.1, 0.15) is 21.6 Å². The Morgan fingerprint density at radius 2 is 1.74 bits per heavy atom. The minimum atomic E-state index is -4.17. The maximum atomic E-state index is 13.2. The van der Waals surface area contributed by atoms with Crippen molar-refractivity contribution in [2.75, 3.05) is 20.1 Å². The second kappa shape index (κ2) is 10.7. The van der Waals surface area contributed by atoms with E-state index in [2.05, 4.69) is 5.32 Å². The minimum Gasteiger partial charge on any atom is -0.340 e. The van der Waals surface area contributed by atoms with Crippen LogP contribution in [0.4, 0.5) is 4.79 Å². The lowest BCUT2D eigenvalue weighted by Gasteiger charge is -2.24. The molecule has 0 atom stereocenters.